The van der Waals surface area contributed by atoms with Gasteiger partial charge in [-0.2, -0.15) is 13.1 Å². The summed E-state index contributed by atoms with van der Waals surface area (Å²) < 4.78 is 57.0. The van der Waals surface area contributed by atoms with Crippen molar-refractivity contribution in [1.29, 1.82) is 0 Å². The molecule has 1 amide bonds. The molecule has 2 aromatic carbocycles. The third-order valence-electron chi connectivity index (χ3n) is 4.73. The minimum absolute atomic E-state index is 0.0752. The van der Waals surface area contributed by atoms with Gasteiger partial charge in [-0.25, -0.2) is 8.42 Å². The number of benzene rings is 2. The number of anilines is 1. The van der Waals surface area contributed by atoms with Crippen LogP contribution >= 0.6 is 0 Å². The van der Waals surface area contributed by atoms with Gasteiger partial charge in [0.25, 0.3) is 5.91 Å². The van der Waals surface area contributed by atoms with Crippen molar-refractivity contribution in [1.82, 2.24) is 4.31 Å². The average molecular weight is 424 g/mol. The molecule has 9 heteroatoms. The molecule has 1 N–H and O–H groups in total. The van der Waals surface area contributed by atoms with Gasteiger partial charge in [0, 0.05) is 18.8 Å². The van der Waals surface area contributed by atoms with Crippen molar-refractivity contribution >= 4 is 21.6 Å². The molecule has 0 aromatic heterocycles. The lowest BCUT2D eigenvalue weighted by atomic mass is 10.1. The predicted octanol–water partition coefficient (Wildman–Crippen LogP) is 4.02. The van der Waals surface area contributed by atoms with Crippen LogP contribution in [0, 0.1) is 6.92 Å². The largest absolute Gasteiger partial charge is 0.434 e. The lowest BCUT2D eigenvalue weighted by Gasteiger charge is -2.26. The first-order chi connectivity index (χ1) is 13.8. The van der Waals surface area contributed by atoms with Gasteiger partial charge in [-0.1, -0.05) is 24.6 Å². The van der Waals surface area contributed by atoms with E-state index in [1.165, 1.54) is 34.6 Å². The van der Waals surface area contributed by atoms with E-state index in [4.69, 9.17) is 0 Å². The molecule has 0 radical (unpaired) electrons. The van der Waals surface area contributed by atoms with Crippen molar-refractivity contribution in [3.05, 3.63) is 53.6 Å². The number of nitrogens with zero attached hydrogens (tertiary/aromatic N) is 1. The number of alkyl halides is 2. The molecule has 2 aromatic rings. The second-order valence-corrected chi connectivity index (χ2v) is 8.68. The minimum atomic E-state index is -3.68. The zero-order valence-electron chi connectivity index (χ0n) is 15.9. The molecule has 0 saturated carbocycles. The van der Waals surface area contributed by atoms with Crippen LogP contribution in [0.2, 0.25) is 0 Å². The number of halogens is 2. The van der Waals surface area contributed by atoms with Gasteiger partial charge in [0.05, 0.1) is 10.5 Å². The first kappa shape index (κ1) is 21.2. The zero-order chi connectivity index (χ0) is 21.0. The van der Waals surface area contributed by atoms with Gasteiger partial charge in [0.2, 0.25) is 10.0 Å². The zero-order valence-corrected chi connectivity index (χ0v) is 16.7. The number of ether oxygens (including phenoxy) is 1. The first-order valence-electron chi connectivity index (χ1n) is 9.25. The summed E-state index contributed by atoms with van der Waals surface area (Å²) in [5.74, 6) is -0.931. The second kappa shape index (κ2) is 8.87. The summed E-state index contributed by atoms with van der Waals surface area (Å²) >= 11 is 0. The van der Waals surface area contributed by atoms with Crippen molar-refractivity contribution in [2.75, 3.05) is 18.4 Å². The number of hydrogen-bond donors (Lipinski definition) is 1. The number of piperidine rings is 1. The number of rotatable bonds is 6. The summed E-state index contributed by atoms with van der Waals surface area (Å²) in [4.78, 5) is 12.7. The first-order valence-corrected chi connectivity index (χ1v) is 10.7. The summed E-state index contributed by atoms with van der Waals surface area (Å²) in [6.45, 7) is -0.439. The number of para-hydroxylation sites is 1. The molecule has 29 heavy (non-hydrogen) atoms. The van der Waals surface area contributed by atoms with Crippen LogP contribution in [0.3, 0.4) is 0 Å². The fraction of sp³-hybridized carbons (Fsp3) is 0.350. The average Bonchev–Trinajstić information content (AvgIpc) is 2.70. The predicted molar refractivity (Wildman–Crippen MR) is 105 cm³/mol. The molecule has 0 atom stereocenters. The van der Waals surface area contributed by atoms with Crippen LogP contribution in [-0.4, -0.2) is 38.3 Å². The summed E-state index contributed by atoms with van der Waals surface area (Å²) in [5, 5.41) is 2.57. The standard InChI is InChI=1S/C20H22F2N2O4S/c1-14-9-10-15(13-18(14)29(26,27)24-11-5-2-6-12-24)23-19(25)16-7-3-4-8-17(16)28-20(21)22/h3-4,7-10,13,20H,2,5-6,11-12H2,1H3,(H,23,25). The Morgan fingerprint density at radius 3 is 2.48 bits per heavy atom. The van der Waals surface area contributed by atoms with Crippen molar-refractivity contribution in [3.8, 4) is 5.75 Å². The number of carbonyl (C=O) groups excluding carboxylic acids is 1. The monoisotopic (exact) mass is 424 g/mol. The molecule has 1 aliphatic rings. The van der Waals surface area contributed by atoms with Crippen molar-refractivity contribution < 1.29 is 26.7 Å². The van der Waals surface area contributed by atoms with Gasteiger partial charge in [-0.15, -0.1) is 0 Å². The molecular weight excluding hydrogens is 402 g/mol. The highest BCUT2D eigenvalue weighted by Crippen LogP contribution is 2.27. The topological polar surface area (TPSA) is 75.7 Å². The number of aryl methyl sites for hydroxylation is 1. The number of carbonyl (C=O) groups is 1. The molecule has 0 spiro atoms. The number of sulfonamides is 1. The van der Waals surface area contributed by atoms with E-state index in [1.54, 1.807) is 19.1 Å². The minimum Gasteiger partial charge on any atom is -0.434 e. The van der Waals surface area contributed by atoms with Gasteiger partial charge in [-0.3, -0.25) is 4.79 Å². The van der Waals surface area contributed by atoms with Gasteiger partial charge in [0.1, 0.15) is 5.75 Å². The van der Waals surface area contributed by atoms with E-state index in [-0.39, 0.29) is 21.9 Å². The van der Waals surface area contributed by atoms with Crippen LogP contribution < -0.4 is 10.1 Å². The fourth-order valence-corrected chi connectivity index (χ4v) is 5.02. The molecule has 3 rings (SSSR count). The third kappa shape index (κ3) is 4.91. The Bertz CT molecular complexity index is 990. The van der Waals surface area contributed by atoms with E-state index < -0.39 is 22.5 Å². The summed E-state index contributed by atoms with van der Waals surface area (Å²) in [6.07, 6.45) is 2.63. The highest BCUT2D eigenvalue weighted by Gasteiger charge is 2.28. The van der Waals surface area contributed by atoms with Crippen LogP contribution in [0.25, 0.3) is 0 Å². The Labute approximate surface area is 168 Å². The Morgan fingerprint density at radius 1 is 1.10 bits per heavy atom. The highest BCUT2D eigenvalue weighted by molar-refractivity contribution is 7.89. The Kier molecular flexibility index (Phi) is 6.49. The molecule has 1 heterocycles. The molecule has 0 bridgehead atoms. The van der Waals surface area contributed by atoms with Gasteiger partial charge >= 0.3 is 6.61 Å². The Hall–Kier alpha value is -2.52. The Balaban J connectivity index is 1.86. The van der Waals surface area contributed by atoms with E-state index in [9.17, 15) is 22.0 Å². The highest BCUT2D eigenvalue weighted by atomic mass is 32.2. The maximum atomic E-state index is 13.0. The molecule has 0 aliphatic carbocycles. The quantitative estimate of drug-likeness (QED) is 0.760. The van der Waals surface area contributed by atoms with Crippen molar-refractivity contribution in [2.24, 2.45) is 0 Å². The molecule has 1 aliphatic heterocycles. The van der Waals surface area contributed by atoms with Gasteiger partial charge < -0.3 is 10.1 Å². The normalized spacial score (nSPS) is 15.3. The number of nitrogens with one attached hydrogen (secondary N) is 1. The molecule has 156 valence electrons. The molecule has 1 saturated heterocycles. The van der Waals surface area contributed by atoms with Crippen LogP contribution in [0.5, 0.6) is 5.75 Å². The second-order valence-electron chi connectivity index (χ2n) is 6.77. The third-order valence-corrected chi connectivity index (χ3v) is 6.77. The summed E-state index contributed by atoms with van der Waals surface area (Å²) in [5.41, 5.74) is 0.742. The molecule has 0 unspecified atom stereocenters. The summed E-state index contributed by atoms with van der Waals surface area (Å²) in [6, 6.07) is 10.2. The number of amides is 1. The van der Waals surface area contributed by atoms with Crippen molar-refractivity contribution in [2.45, 2.75) is 37.7 Å². The fourth-order valence-electron chi connectivity index (χ4n) is 3.25. The van der Waals surface area contributed by atoms with Gasteiger partial charge in [-0.05, 0) is 49.6 Å². The smallest absolute Gasteiger partial charge is 0.387 e. The van der Waals surface area contributed by atoms with Crippen LogP contribution in [-0.2, 0) is 10.0 Å². The van der Waals surface area contributed by atoms with E-state index in [0.717, 1.165) is 19.3 Å². The van der Waals surface area contributed by atoms with E-state index in [1.807, 2.05) is 0 Å². The molecule has 6 nitrogen and oxygen atoms in total. The lowest BCUT2D eigenvalue weighted by Crippen LogP contribution is -2.36. The van der Waals surface area contributed by atoms with E-state index >= 15 is 0 Å². The van der Waals surface area contributed by atoms with E-state index in [0.29, 0.717) is 18.7 Å². The number of hydrogen-bond acceptors (Lipinski definition) is 4. The SMILES string of the molecule is Cc1ccc(NC(=O)c2ccccc2OC(F)F)cc1S(=O)(=O)N1CCCCC1. The maximum absolute atomic E-state index is 13.0. The lowest BCUT2D eigenvalue weighted by molar-refractivity contribution is -0.0501. The maximum Gasteiger partial charge on any atom is 0.387 e. The van der Waals surface area contributed by atoms with Crippen molar-refractivity contribution in [3.63, 3.8) is 0 Å². The van der Waals surface area contributed by atoms with Crippen LogP contribution in [0.4, 0.5) is 14.5 Å². The van der Waals surface area contributed by atoms with E-state index in [2.05, 4.69) is 10.1 Å². The van der Waals surface area contributed by atoms with Crippen LogP contribution in [0.1, 0.15) is 35.2 Å². The summed E-state index contributed by atoms with van der Waals surface area (Å²) in [7, 11) is -3.68. The molecule has 1 fully saturated rings. The Morgan fingerprint density at radius 2 is 1.79 bits per heavy atom. The van der Waals surface area contributed by atoms with Crippen LogP contribution in [0.15, 0.2) is 47.4 Å². The van der Waals surface area contributed by atoms with Gasteiger partial charge in [0.15, 0.2) is 0 Å². The molecular formula is C20H22F2N2O4S.